The van der Waals surface area contributed by atoms with Crippen molar-refractivity contribution in [2.45, 2.75) is 39.2 Å². The number of ketones is 1. The summed E-state index contributed by atoms with van der Waals surface area (Å²) in [6.07, 6.45) is 1.09. The Bertz CT molecular complexity index is 1220. The molecule has 0 aromatic heterocycles. The predicted molar refractivity (Wildman–Crippen MR) is 135 cm³/mol. The minimum absolute atomic E-state index is 0.0384. The lowest BCUT2D eigenvalue weighted by molar-refractivity contribution is -0.118. The lowest BCUT2D eigenvalue weighted by atomic mass is 9.68. The number of benzene rings is 2. The quantitative estimate of drug-likeness (QED) is 0.565. The summed E-state index contributed by atoms with van der Waals surface area (Å²) in [5, 5.41) is 10.9. The van der Waals surface area contributed by atoms with Crippen LogP contribution in [-0.2, 0) is 16.1 Å². The number of allylic oxidation sites excluding steroid dienone is 3. The number of para-hydroxylation sites is 1. The third kappa shape index (κ3) is 5.07. The summed E-state index contributed by atoms with van der Waals surface area (Å²) in [7, 11) is 1.62. The summed E-state index contributed by atoms with van der Waals surface area (Å²) in [4.78, 5) is 15.5. The SMILES string of the molecule is COCCN1C(N)=C(C#N)[C@@H](c2ccccc2OCc2ccc(Cl)cc2)C2=C1CC(C)(C)CC2=O. The molecule has 0 saturated carbocycles. The Balaban J connectivity index is 1.80. The number of Topliss-reactive ketones (excluding diaryl/α,β-unsaturated/α-hetero) is 1. The van der Waals surface area contributed by atoms with Crippen molar-refractivity contribution in [1.82, 2.24) is 4.90 Å². The summed E-state index contributed by atoms with van der Waals surface area (Å²) in [6, 6.07) is 17.3. The van der Waals surface area contributed by atoms with Gasteiger partial charge in [-0.3, -0.25) is 4.79 Å². The van der Waals surface area contributed by atoms with Crippen molar-refractivity contribution in [3.63, 3.8) is 0 Å². The van der Waals surface area contributed by atoms with Crippen LogP contribution >= 0.6 is 11.6 Å². The van der Waals surface area contributed by atoms with E-state index in [2.05, 4.69) is 19.9 Å². The van der Waals surface area contributed by atoms with E-state index in [1.165, 1.54) is 0 Å². The van der Waals surface area contributed by atoms with E-state index in [4.69, 9.17) is 26.8 Å². The highest BCUT2D eigenvalue weighted by Crippen LogP contribution is 2.50. The van der Waals surface area contributed by atoms with Crippen LogP contribution in [0.2, 0.25) is 5.02 Å². The van der Waals surface area contributed by atoms with Gasteiger partial charge in [-0.25, -0.2) is 0 Å². The zero-order valence-electron chi connectivity index (χ0n) is 20.3. The Morgan fingerprint density at radius 2 is 1.89 bits per heavy atom. The van der Waals surface area contributed by atoms with E-state index in [-0.39, 0.29) is 11.2 Å². The normalized spacial score (nSPS) is 19.5. The zero-order chi connectivity index (χ0) is 25.2. The Morgan fingerprint density at radius 1 is 1.17 bits per heavy atom. The van der Waals surface area contributed by atoms with E-state index in [0.29, 0.717) is 60.3 Å². The van der Waals surface area contributed by atoms with Crippen molar-refractivity contribution >= 4 is 17.4 Å². The summed E-state index contributed by atoms with van der Waals surface area (Å²) in [6.45, 7) is 5.39. The fourth-order valence-corrected chi connectivity index (χ4v) is 5.04. The highest BCUT2D eigenvalue weighted by Gasteiger charge is 2.44. The van der Waals surface area contributed by atoms with Crippen LogP contribution in [0, 0.1) is 16.7 Å². The fourth-order valence-electron chi connectivity index (χ4n) is 4.92. The van der Waals surface area contributed by atoms with Gasteiger partial charge < -0.3 is 20.1 Å². The van der Waals surface area contributed by atoms with Crippen molar-refractivity contribution in [2.75, 3.05) is 20.3 Å². The van der Waals surface area contributed by atoms with Crippen molar-refractivity contribution in [3.05, 3.63) is 87.3 Å². The Kier molecular flexibility index (Phi) is 7.20. The predicted octanol–water partition coefficient (Wildman–Crippen LogP) is 5.30. The third-order valence-electron chi connectivity index (χ3n) is 6.54. The van der Waals surface area contributed by atoms with Crippen molar-refractivity contribution in [1.29, 1.82) is 5.26 Å². The maximum absolute atomic E-state index is 13.6. The van der Waals surface area contributed by atoms with Crippen LogP contribution < -0.4 is 10.5 Å². The smallest absolute Gasteiger partial charge is 0.162 e. The lowest BCUT2D eigenvalue weighted by Crippen LogP contribution is -2.43. The molecule has 35 heavy (non-hydrogen) atoms. The molecule has 1 aliphatic heterocycles. The first-order chi connectivity index (χ1) is 16.8. The van der Waals surface area contributed by atoms with Gasteiger partial charge in [-0.2, -0.15) is 5.26 Å². The van der Waals surface area contributed by atoms with Gasteiger partial charge in [0.05, 0.1) is 24.2 Å². The van der Waals surface area contributed by atoms with Crippen LogP contribution in [0.25, 0.3) is 0 Å². The van der Waals surface area contributed by atoms with E-state index in [0.717, 1.165) is 16.8 Å². The van der Waals surface area contributed by atoms with Crippen molar-refractivity contribution in [3.8, 4) is 11.8 Å². The second-order valence-corrected chi connectivity index (χ2v) is 10.2. The molecule has 0 radical (unpaired) electrons. The minimum atomic E-state index is -0.584. The molecule has 2 aliphatic rings. The molecular weight excluding hydrogens is 462 g/mol. The molecule has 6 nitrogen and oxygen atoms in total. The standard InChI is InChI=1S/C28H30ClN3O3/c1-28(2)14-22-26(23(33)15-28)25(21(16-30)27(31)32(22)12-13-34-3)20-6-4-5-7-24(20)35-17-18-8-10-19(29)11-9-18/h4-11,25H,12-15,17,31H2,1-3H3/t25-/m1/s1. The van der Waals surface area contributed by atoms with Gasteiger partial charge in [-0.1, -0.05) is 55.8 Å². The maximum atomic E-state index is 13.6. The second-order valence-electron chi connectivity index (χ2n) is 9.74. The molecule has 0 fully saturated rings. The van der Waals surface area contributed by atoms with Crippen LogP contribution in [0.15, 0.2) is 71.2 Å². The number of carbonyl (C=O) groups is 1. The summed E-state index contributed by atoms with van der Waals surface area (Å²) in [5.74, 6) is 0.435. The molecule has 4 rings (SSSR count). The summed E-state index contributed by atoms with van der Waals surface area (Å²) >= 11 is 6.01. The van der Waals surface area contributed by atoms with Crippen molar-refractivity contribution < 1.29 is 14.3 Å². The fraction of sp³-hybridized carbons (Fsp3) is 0.357. The number of halogens is 1. The van der Waals surface area contributed by atoms with E-state index >= 15 is 0 Å². The van der Waals surface area contributed by atoms with E-state index in [1.807, 2.05) is 53.4 Å². The maximum Gasteiger partial charge on any atom is 0.162 e. The van der Waals surface area contributed by atoms with Gasteiger partial charge in [0.2, 0.25) is 0 Å². The van der Waals surface area contributed by atoms with E-state index in [1.54, 1.807) is 7.11 Å². The number of hydrogen-bond acceptors (Lipinski definition) is 6. The average Bonchev–Trinajstić information content (AvgIpc) is 2.82. The van der Waals surface area contributed by atoms with Crippen LogP contribution in [0.1, 0.15) is 43.7 Å². The van der Waals surface area contributed by atoms with Crippen LogP contribution in [0.3, 0.4) is 0 Å². The number of hydrogen-bond donors (Lipinski definition) is 1. The summed E-state index contributed by atoms with van der Waals surface area (Å²) in [5.41, 5.74) is 9.98. The van der Waals surface area contributed by atoms with Crippen molar-refractivity contribution in [2.24, 2.45) is 11.1 Å². The van der Waals surface area contributed by atoms with Gasteiger partial charge in [0.15, 0.2) is 5.78 Å². The number of ether oxygens (including phenoxy) is 2. The molecule has 182 valence electrons. The number of nitriles is 1. The Hall–Kier alpha value is -3.27. The molecule has 2 aromatic rings. The molecule has 7 heteroatoms. The molecule has 2 aromatic carbocycles. The van der Waals surface area contributed by atoms with Gasteiger partial charge >= 0.3 is 0 Å². The van der Waals surface area contributed by atoms with Crippen LogP contribution in [-0.4, -0.2) is 30.9 Å². The first-order valence-electron chi connectivity index (χ1n) is 11.6. The molecule has 1 heterocycles. The van der Waals surface area contributed by atoms with Gasteiger partial charge in [0.1, 0.15) is 18.2 Å². The number of rotatable bonds is 7. The molecule has 0 unspecified atom stereocenters. The van der Waals surface area contributed by atoms with Gasteiger partial charge in [0, 0.05) is 41.9 Å². The molecule has 0 spiro atoms. The zero-order valence-corrected chi connectivity index (χ0v) is 21.1. The third-order valence-corrected chi connectivity index (χ3v) is 6.80. The van der Waals surface area contributed by atoms with Gasteiger partial charge in [-0.05, 0) is 35.6 Å². The molecule has 0 amide bonds. The minimum Gasteiger partial charge on any atom is -0.489 e. The van der Waals surface area contributed by atoms with Crippen LogP contribution in [0.5, 0.6) is 5.75 Å². The largest absolute Gasteiger partial charge is 0.489 e. The topological polar surface area (TPSA) is 88.6 Å². The highest BCUT2D eigenvalue weighted by molar-refractivity contribution is 6.30. The number of carbonyl (C=O) groups excluding carboxylic acids is 1. The number of nitrogens with two attached hydrogens (primary N) is 1. The first-order valence-corrected chi connectivity index (χ1v) is 12.0. The highest BCUT2D eigenvalue weighted by atomic mass is 35.5. The molecular formula is C28H30ClN3O3. The lowest BCUT2D eigenvalue weighted by Gasteiger charge is -2.44. The van der Waals surface area contributed by atoms with Gasteiger partial charge in [0.25, 0.3) is 0 Å². The molecule has 0 bridgehead atoms. The molecule has 2 N–H and O–H groups in total. The van der Waals surface area contributed by atoms with Crippen LogP contribution in [0.4, 0.5) is 0 Å². The molecule has 1 aliphatic carbocycles. The Morgan fingerprint density at radius 3 is 2.57 bits per heavy atom. The van der Waals surface area contributed by atoms with Gasteiger partial charge in [-0.15, -0.1) is 0 Å². The second kappa shape index (κ2) is 10.2. The molecule has 0 saturated heterocycles. The molecule has 1 atom stereocenters. The number of methoxy groups -OCH3 is 1. The number of nitrogens with zero attached hydrogens (tertiary/aromatic N) is 2. The van der Waals surface area contributed by atoms with E-state index in [9.17, 15) is 10.1 Å². The summed E-state index contributed by atoms with van der Waals surface area (Å²) < 4.78 is 11.5. The van der Waals surface area contributed by atoms with E-state index < -0.39 is 5.92 Å². The monoisotopic (exact) mass is 491 g/mol. The average molecular weight is 492 g/mol. The Labute approximate surface area is 211 Å². The first kappa shape index (κ1) is 24.8.